The number of carbonyl (C=O) groups is 1. The van der Waals surface area contributed by atoms with Gasteiger partial charge < -0.3 is 5.32 Å². The quantitative estimate of drug-likeness (QED) is 0.779. The molecule has 2 heterocycles. The van der Waals surface area contributed by atoms with Crippen molar-refractivity contribution in [2.24, 2.45) is 0 Å². The van der Waals surface area contributed by atoms with E-state index in [1.54, 1.807) is 0 Å². The van der Waals surface area contributed by atoms with Gasteiger partial charge in [0.2, 0.25) is 10.0 Å². The van der Waals surface area contributed by atoms with Gasteiger partial charge in [-0.1, -0.05) is 0 Å². The molecule has 0 aromatic carbocycles. The number of sulfonamides is 1. The number of hydrogen-bond acceptors (Lipinski definition) is 5. The summed E-state index contributed by atoms with van der Waals surface area (Å²) in [7, 11) is -3.65. The summed E-state index contributed by atoms with van der Waals surface area (Å²) >= 11 is 0. The third kappa shape index (κ3) is 1.60. The fraction of sp³-hybridized carbons (Fsp3) is 0.375. The molecule has 7 nitrogen and oxygen atoms in total. The van der Waals surface area contributed by atoms with Gasteiger partial charge in [-0.2, -0.15) is 4.31 Å². The summed E-state index contributed by atoms with van der Waals surface area (Å²) in [6.07, 6.45) is 2.70. The number of hydrogen-bond donors (Lipinski definition) is 1. The Bertz CT molecular complexity index is 528. The lowest BCUT2D eigenvalue weighted by molar-refractivity contribution is 0.247. The second-order valence-corrected chi connectivity index (χ2v) is 5.30. The summed E-state index contributed by atoms with van der Waals surface area (Å²) in [5.41, 5.74) is 0.583. The number of amides is 2. The molecule has 2 rings (SSSR count). The molecule has 1 aromatic heterocycles. The highest BCUT2D eigenvalue weighted by Gasteiger charge is 2.33. The van der Waals surface area contributed by atoms with Crippen LogP contribution in [0.1, 0.15) is 12.5 Å². The van der Waals surface area contributed by atoms with Gasteiger partial charge in [-0.25, -0.2) is 23.2 Å². The minimum absolute atomic E-state index is 0.139. The molecule has 1 N–H and O–H groups in total. The molecule has 0 fully saturated rings. The van der Waals surface area contributed by atoms with Crippen LogP contribution >= 0.6 is 0 Å². The standard InChI is InChI=1S/C8H10N4O3S/c1-2-16(14,15)12-7-6(3-9-5-11-7)4-10-8(12)13/h3,5H,2,4H2,1H3,(H,10,13). The molecule has 0 atom stereocenters. The summed E-state index contributed by atoms with van der Waals surface area (Å²) in [6.45, 7) is 1.71. The largest absolute Gasteiger partial charge is 0.337 e. The zero-order valence-corrected chi connectivity index (χ0v) is 9.36. The monoisotopic (exact) mass is 242 g/mol. The first kappa shape index (κ1) is 10.8. The Morgan fingerprint density at radius 3 is 3.00 bits per heavy atom. The molecule has 1 aliphatic heterocycles. The van der Waals surface area contributed by atoms with Gasteiger partial charge in [-0.3, -0.25) is 0 Å². The van der Waals surface area contributed by atoms with Crippen molar-refractivity contribution in [2.45, 2.75) is 13.5 Å². The molecule has 0 saturated heterocycles. The lowest BCUT2D eigenvalue weighted by atomic mass is 10.3. The van der Waals surface area contributed by atoms with Crippen molar-refractivity contribution in [3.05, 3.63) is 18.1 Å². The number of urea groups is 1. The van der Waals surface area contributed by atoms with Gasteiger partial charge in [0.15, 0.2) is 5.82 Å². The molecule has 2 amide bonds. The number of nitrogens with zero attached hydrogens (tertiary/aromatic N) is 3. The van der Waals surface area contributed by atoms with E-state index in [2.05, 4.69) is 15.3 Å². The number of fused-ring (bicyclic) bond motifs is 1. The average molecular weight is 242 g/mol. The minimum Gasteiger partial charge on any atom is -0.333 e. The van der Waals surface area contributed by atoms with E-state index in [9.17, 15) is 13.2 Å². The van der Waals surface area contributed by atoms with Crippen molar-refractivity contribution in [2.75, 3.05) is 10.1 Å². The Labute approximate surface area is 92.6 Å². The number of carbonyl (C=O) groups excluding carboxylic acids is 1. The van der Waals surface area contributed by atoms with Crippen molar-refractivity contribution in [1.82, 2.24) is 15.3 Å². The maximum absolute atomic E-state index is 11.7. The molecule has 16 heavy (non-hydrogen) atoms. The van der Waals surface area contributed by atoms with E-state index in [1.165, 1.54) is 19.4 Å². The number of anilines is 1. The van der Waals surface area contributed by atoms with Crippen LogP contribution in [0.2, 0.25) is 0 Å². The number of rotatable bonds is 2. The predicted molar refractivity (Wildman–Crippen MR) is 56.2 cm³/mol. The first-order valence-corrected chi connectivity index (χ1v) is 6.27. The normalized spacial score (nSPS) is 15.6. The van der Waals surface area contributed by atoms with Crippen molar-refractivity contribution in [3.63, 3.8) is 0 Å². The van der Waals surface area contributed by atoms with E-state index < -0.39 is 16.1 Å². The van der Waals surface area contributed by atoms with Gasteiger partial charge in [-0.15, -0.1) is 0 Å². The van der Waals surface area contributed by atoms with E-state index in [1.807, 2.05) is 0 Å². The molecular formula is C8H10N4O3S. The maximum atomic E-state index is 11.7. The van der Waals surface area contributed by atoms with E-state index in [0.717, 1.165) is 0 Å². The Morgan fingerprint density at radius 1 is 1.56 bits per heavy atom. The summed E-state index contributed by atoms with van der Waals surface area (Å²) in [5.74, 6) is -0.0234. The van der Waals surface area contributed by atoms with Crippen LogP contribution in [0.4, 0.5) is 10.6 Å². The highest BCUT2D eigenvalue weighted by Crippen LogP contribution is 2.23. The molecule has 0 spiro atoms. The average Bonchev–Trinajstić information content (AvgIpc) is 2.28. The van der Waals surface area contributed by atoms with E-state index >= 15 is 0 Å². The highest BCUT2D eigenvalue weighted by atomic mass is 32.2. The number of aromatic nitrogens is 2. The van der Waals surface area contributed by atoms with E-state index in [4.69, 9.17) is 0 Å². The van der Waals surface area contributed by atoms with Gasteiger partial charge in [0.1, 0.15) is 6.33 Å². The first-order chi connectivity index (χ1) is 7.56. The molecule has 1 aliphatic rings. The fourth-order valence-electron chi connectivity index (χ4n) is 1.39. The summed E-state index contributed by atoms with van der Waals surface area (Å²) in [4.78, 5) is 19.2. The van der Waals surface area contributed by atoms with Gasteiger partial charge >= 0.3 is 6.03 Å². The Balaban J connectivity index is 2.58. The van der Waals surface area contributed by atoms with Crippen LogP contribution in [-0.4, -0.2) is 30.2 Å². The highest BCUT2D eigenvalue weighted by molar-refractivity contribution is 7.93. The zero-order chi connectivity index (χ0) is 11.8. The Hall–Kier alpha value is -1.70. The lowest BCUT2D eigenvalue weighted by Crippen LogP contribution is -2.48. The molecule has 0 radical (unpaired) electrons. The van der Waals surface area contributed by atoms with Gasteiger partial charge in [-0.05, 0) is 6.92 Å². The number of nitrogens with one attached hydrogen (secondary N) is 1. The minimum atomic E-state index is -3.65. The third-order valence-electron chi connectivity index (χ3n) is 2.21. The van der Waals surface area contributed by atoms with Crippen molar-refractivity contribution in [3.8, 4) is 0 Å². The second kappa shape index (κ2) is 3.71. The molecule has 0 aliphatic carbocycles. The smallest absolute Gasteiger partial charge is 0.333 e. The van der Waals surface area contributed by atoms with E-state index in [-0.39, 0.29) is 18.1 Å². The molecule has 0 bridgehead atoms. The topological polar surface area (TPSA) is 92.3 Å². The van der Waals surface area contributed by atoms with Gasteiger partial charge in [0.05, 0.1) is 5.75 Å². The molecular weight excluding hydrogens is 232 g/mol. The van der Waals surface area contributed by atoms with Crippen LogP contribution in [-0.2, 0) is 16.6 Å². The van der Waals surface area contributed by atoms with Gasteiger partial charge in [0, 0.05) is 18.3 Å². The summed E-state index contributed by atoms with van der Waals surface area (Å²) in [6, 6.07) is -0.673. The van der Waals surface area contributed by atoms with Crippen LogP contribution in [0, 0.1) is 0 Å². The second-order valence-electron chi connectivity index (χ2n) is 3.20. The molecule has 86 valence electrons. The van der Waals surface area contributed by atoms with Crippen molar-refractivity contribution in [1.29, 1.82) is 0 Å². The van der Waals surface area contributed by atoms with Crippen LogP contribution in [0.25, 0.3) is 0 Å². The van der Waals surface area contributed by atoms with Crippen LogP contribution in [0.3, 0.4) is 0 Å². The molecule has 1 aromatic rings. The lowest BCUT2D eigenvalue weighted by Gasteiger charge is -2.26. The SMILES string of the molecule is CCS(=O)(=O)N1C(=O)NCc2cncnc21. The fourth-order valence-corrected chi connectivity index (χ4v) is 2.39. The molecule has 8 heteroatoms. The van der Waals surface area contributed by atoms with Crippen LogP contribution < -0.4 is 9.62 Å². The molecule has 0 unspecified atom stereocenters. The van der Waals surface area contributed by atoms with Crippen molar-refractivity contribution >= 4 is 21.9 Å². The zero-order valence-electron chi connectivity index (χ0n) is 8.54. The Morgan fingerprint density at radius 2 is 2.31 bits per heavy atom. The molecule has 0 saturated carbocycles. The van der Waals surface area contributed by atoms with Crippen molar-refractivity contribution < 1.29 is 13.2 Å². The summed E-state index contributed by atoms with van der Waals surface area (Å²) < 4.78 is 24.2. The predicted octanol–water partition coefficient (Wildman–Crippen LogP) is -0.144. The van der Waals surface area contributed by atoms with Crippen LogP contribution in [0.5, 0.6) is 0 Å². The Kier molecular flexibility index (Phi) is 2.50. The van der Waals surface area contributed by atoms with Gasteiger partial charge in [0.25, 0.3) is 0 Å². The first-order valence-electron chi connectivity index (χ1n) is 4.66. The summed E-state index contributed by atoms with van der Waals surface area (Å²) in [5, 5.41) is 2.46. The van der Waals surface area contributed by atoms with E-state index in [0.29, 0.717) is 9.87 Å². The van der Waals surface area contributed by atoms with Crippen LogP contribution in [0.15, 0.2) is 12.5 Å². The maximum Gasteiger partial charge on any atom is 0.337 e. The third-order valence-corrected chi connectivity index (χ3v) is 3.84.